The maximum Gasteiger partial charge on any atom is 0.407 e. The van der Waals surface area contributed by atoms with E-state index >= 15 is 9.59 Å². The van der Waals surface area contributed by atoms with Crippen LogP contribution in [0.3, 0.4) is 0 Å². The summed E-state index contributed by atoms with van der Waals surface area (Å²) in [5, 5.41) is 3.29. The van der Waals surface area contributed by atoms with Gasteiger partial charge in [0.1, 0.15) is 24.7 Å². The predicted molar refractivity (Wildman–Crippen MR) is 277 cm³/mol. The maximum absolute atomic E-state index is 15.4. The molecule has 0 aromatic heterocycles. The van der Waals surface area contributed by atoms with Crippen molar-refractivity contribution in [3.05, 3.63) is 166 Å². The van der Waals surface area contributed by atoms with E-state index in [-0.39, 0.29) is 30.3 Å². The monoisotopic (exact) mass is 978 g/mol. The highest BCUT2D eigenvalue weighted by Crippen LogP contribution is 2.46. The molecule has 1 heterocycles. The Labute approximate surface area is 423 Å². The van der Waals surface area contributed by atoms with Crippen molar-refractivity contribution in [2.75, 3.05) is 33.8 Å². The number of carbonyl (C=O) groups is 5. The second-order valence-electron chi connectivity index (χ2n) is 19.7. The highest BCUT2D eigenvalue weighted by atomic mass is 35.5. The molecule has 5 aromatic rings. The minimum atomic E-state index is -1.53. The Bertz CT molecular complexity index is 2640. The van der Waals surface area contributed by atoms with Gasteiger partial charge in [0.15, 0.2) is 5.60 Å². The number of rotatable bonds is 17. The lowest BCUT2D eigenvalue weighted by Gasteiger charge is -2.40. The van der Waals surface area contributed by atoms with Gasteiger partial charge in [-0.25, -0.2) is 4.79 Å². The molecule has 11 nitrogen and oxygen atoms in total. The van der Waals surface area contributed by atoms with Crippen LogP contribution in [0.2, 0.25) is 5.02 Å². The van der Waals surface area contributed by atoms with Crippen LogP contribution in [0.4, 0.5) is 4.79 Å². The summed E-state index contributed by atoms with van der Waals surface area (Å²) in [5.74, 6) is -2.67. The molecule has 1 aliphatic heterocycles. The van der Waals surface area contributed by atoms with E-state index in [1.54, 1.807) is 25.1 Å². The molecule has 2 aliphatic carbocycles. The van der Waals surface area contributed by atoms with Crippen molar-refractivity contribution in [2.24, 2.45) is 11.8 Å². The first kappa shape index (κ1) is 50.9. The van der Waals surface area contributed by atoms with Gasteiger partial charge in [0, 0.05) is 54.8 Å². The van der Waals surface area contributed by atoms with E-state index in [4.69, 9.17) is 21.1 Å². The molecule has 5 atom stereocenters. The Balaban J connectivity index is 1.07. The van der Waals surface area contributed by atoms with Crippen molar-refractivity contribution in [3.8, 4) is 11.1 Å². The van der Waals surface area contributed by atoms with Crippen molar-refractivity contribution >= 4 is 41.4 Å². The van der Waals surface area contributed by atoms with Gasteiger partial charge in [0.05, 0.1) is 6.42 Å². The molecule has 0 radical (unpaired) electrons. The summed E-state index contributed by atoms with van der Waals surface area (Å²) in [5.41, 5.74) is 5.69. The lowest BCUT2D eigenvalue weighted by Crippen LogP contribution is -2.60. The molecule has 3 aliphatic rings. The minimum Gasteiger partial charge on any atom is -0.449 e. The SMILES string of the molecule is CC[C@H](C)[C@H](NC(=O)OCC1c2ccccc2-c2ccccc21)C(=O)N(C)[C@H](C(=O)N(C)[C@@H](CC(=O)OC(c1ccccc1)(c1ccc(C)cc1)c1ccccc1Cl)C(=O)N1CCCCC1)C1CCCC1. The molecule has 2 fully saturated rings. The van der Waals surface area contributed by atoms with Crippen LogP contribution in [0, 0.1) is 18.8 Å². The largest absolute Gasteiger partial charge is 0.449 e. The number of hydrogen-bond acceptors (Lipinski definition) is 7. The van der Waals surface area contributed by atoms with E-state index in [2.05, 4.69) is 29.6 Å². The third-order valence-corrected chi connectivity index (χ3v) is 15.6. The number of halogens is 1. The Morgan fingerprint density at radius 2 is 1.30 bits per heavy atom. The molecule has 71 heavy (non-hydrogen) atoms. The van der Waals surface area contributed by atoms with Gasteiger partial charge in [-0.1, -0.05) is 172 Å². The van der Waals surface area contributed by atoms with Gasteiger partial charge in [-0.3, -0.25) is 19.2 Å². The maximum atomic E-state index is 15.4. The van der Waals surface area contributed by atoms with Crippen LogP contribution in [-0.2, 0) is 34.3 Å². The Kier molecular flexibility index (Phi) is 16.3. The van der Waals surface area contributed by atoms with E-state index in [9.17, 15) is 14.4 Å². The topological polar surface area (TPSA) is 126 Å². The lowest BCUT2D eigenvalue weighted by molar-refractivity contribution is -0.161. The zero-order chi connectivity index (χ0) is 50.2. The van der Waals surface area contributed by atoms with Gasteiger partial charge in [0.25, 0.3) is 0 Å². The summed E-state index contributed by atoms with van der Waals surface area (Å²) < 4.78 is 12.7. The summed E-state index contributed by atoms with van der Waals surface area (Å²) in [7, 11) is 3.17. The molecule has 1 saturated heterocycles. The van der Waals surface area contributed by atoms with Crippen molar-refractivity contribution in [1.29, 1.82) is 0 Å². The predicted octanol–water partition coefficient (Wildman–Crippen LogP) is 10.7. The molecule has 0 bridgehead atoms. The number of esters is 1. The first-order valence-corrected chi connectivity index (χ1v) is 25.7. The standard InChI is InChI=1S/C59H67ClN4O7/c1-6-40(3)53(61-58(69)70-38-48-46-27-15-13-25-44(46)45-26-14-16-28-47(45)48)56(67)63(5)54(41-21-11-12-22-41)57(68)62(4)51(55(66)64-35-19-8-20-36-64)37-52(65)71-59(42-23-9-7-10-24-42,43-33-31-39(2)32-34-43)49-29-17-18-30-50(49)60/h7,9-10,13-18,23-34,40-41,48,51,53-54H,6,8,11-12,19-22,35-38H2,1-5H3,(H,61,69)/t40-,51-,53-,54-,59?/m0/s1. The molecule has 8 rings (SSSR count). The minimum absolute atomic E-state index is 0.0792. The van der Waals surface area contributed by atoms with Gasteiger partial charge >= 0.3 is 12.1 Å². The Hall–Kier alpha value is -6.46. The van der Waals surface area contributed by atoms with Crippen LogP contribution >= 0.6 is 11.6 Å². The van der Waals surface area contributed by atoms with Crippen molar-refractivity contribution in [2.45, 2.75) is 108 Å². The molecule has 0 spiro atoms. The zero-order valence-electron chi connectivity index (χ0n) is 41.7. The number of alkyl carbamates (subject to hydrolysis) is 1. The second-order valence-corrected chi connectivity index (χ2v) is 20.1. The Morgan fingerprint density at radius 3 is 1.92 bits per heavy atom. The smallest absolute Gasteiger partial charge is 0.407 e. The van der Waals surface area contributed by atoms with Crippen LogP contribution in [0.15, 0.2) is 127 Å². The molecule has 5 aromatic carbocycles. The third-order valence-electron chi connectivity index (χ3n) is 15.2. The van der Waals surface area contributed by atoms with E-state index in [1.807, 2.05) is 118 Å². The number of likely N-dealkylation sites (tertiary alicyclic amines) is 1. The molecule has 4 amide bonds. The summed E-state index contributed by atoms with van der Waals surface area (Å²) in [6, 6.07) is 37.3. The van der Waals surface area contributed by atoms with Crippen LogP contribution < -0.4 is 5.32 Å². The van der Waals surface area contributed by atoms with Gasteiger partial charge in [-0.2, -0.15) is 0 Å². The molecule has 372 valence electrons. The number of aryl methyl sites for hydroxylation is 1. The number of benzene rings is 5. The first-order chi connectivity index (χ1) is 34.3. The van der Waals surface area contributed by atoms with E-state index in [0.717, 1.165) is 59.9 Å². The number of piperidine rings is 1. The lowest BCUT2D eigenvalue weighted by atomic mass is 9.79. The molecular weight excluding hydrogens is 912 g/mol. The number of nitrogens with one attached hydrogen (secondary N) is 1. The van der Waals surface area contributed by atoms with E-state index in [1.165, 1.54) is 9.80 Å². The number of ether oxygens (including phenoxy) is 2. The summed E-state index contributed by atoms with van der Waals surface area (Å²) in [4.78, 5) is 78.7. The van der Waals surface area contributed by atoms with Crippen LogP contribution in [0.1, 0.15) is 111 Å². The quantitative estimate of drug-likeness (QED) is 0.0726. The number of nitrogens with zero attached hydrogens (tertiary/aromatic N) is 3. The fraction of sp³-hybridized carbons (Fsp3) is 0.407. The van der Waals surface area contributed by atoms with Crippen LogP contribution in [0.5, 0.6) is 0 Å². The molecule has 1 N–H and O–H groups in total. The summed E-state index contributed by atoms with van der Waals surface area (Å²) in [6.45, 7) is 6.89. The molecule has 1 unspecified atom stereocenters. The van der Waals surface area contributed by atoms with Crippen LogP contribution in [-0.4, -0.2) is 96.4 Å². The summed E-state index contributed by atoms with van der Waals surface area (Å²) >= 11 is 7.01. The van der Waals surface area contributed by atoms with Gasteiger partial charge in [-0.05, 0) is 79.2 Å². The van der Waals surface area contributed by atoms with Crippen molar-refractivity contribution < 1.29 is 33.4 Å². The van der Waals surface area contributed by atoms with E-state index in [0.29, 0.717) is 54.1 Å². The van der Waals surface area contributed by atoms with Gasteiger partial charge in [-0.15, -0.1) is 0 Å². The van der Waals surface area contributed by atoms with Crippen molar-refractivity contribution in [3.63, 3.8) is 0 Å². The normalized spacial score (nSPS) is 17.1. The fourth-order valence-electron chi connectivity index (χ4n) is 11.1. The average Bonchev–Trinajstić information content (AvgIpc) is 4.05. The number of hydrogen-bond donors (Lipinski definition) is 1. The third kappa shape index (κ3) is 10.8. The fourth-order valence-corrected chi connectivity index (χ4v) is 11.3. The van der Waals surface area contributed by atoms with E-state index < -0.39 is 54.0 Å². The highest BCUT2D eigenvalue weighted by Gasteiger charge is 2.47. The Morgan fingerprint density at radius 1 is 0.718 bits per heavy atom. The van der Waals surface area contributed by atoms with Gasteiger partial charge in [0.2, 0.25) is 17.7 Å². The zero-order valence-corrected chi connectivity index (χ0v) is 42.4. The number of likely N-dealkylation sites (N-methyl/N-ethyl adjacent to an activating group) is 2. The van der Waals surface area contributed by atoms with Crippen LogP contribution in [0.25, 0.3) is 11.1 Å². The first-order valence-electron chi connectivity index (χ1n) is 25.4. The molecule has 12 heteroatoms. The second kappa shape index (κ2) is 22.7. The van der Waals surface area contributed by atoms with Crippen molar-refractivity contribution in [1.82, 2.24) is 20.0 Å². The van der Waals surface area contributed by atoms with Gasteiger partial charge < -0.3 is 29.5 Å². The average molecular weight is 980 g/mol. The highest BCUT2D eigenvalue weighted by molar-refractivity contribution is 6.31. The molecule has 1 saturated carbocycles. The number of amides is 4. The number of carbonyl (C=O) groups excluding carboxylic acids is 5. The summed E-state index contributed by atoms with van der Waals surface area (Å²) in [6.07, 6.45) is 5.07. The molecular formula is C59H67ClN4O7. The number of fused-ring (bicyclic) bond motifs is 3.